The highest BCUT2D eigenvalue weighted by molar-refractivity contribution is 5.72. The van der Waals surface area contributed by atoms with E-state index in [1.54, 1.807) is 6.08 Å². The summed E-state index contributed by atoms with van der Waals surface area (Å²) in [4.78, 5) is 38.1. The lowest BCUT2D eigenvalue weighted by molar-refractivity contribution is -0.166. The van der Waals surface area contributed by atoms with Gasteiger partial charge in [-0.2, -0.15) is 0 Å². The summed E-state index contributed by atoms with van der Waals surface area (Å²) < 4.78 is 16.7. The van der Waals surface area contributed by atoms with Gasteiger partial charge < -0.3 is 14.2 Å². The first-order valence-electron chi connectivity index (χ1n) is 28.3. The van der Waals surface area contributed by atoms with Crippen molar-refractivity contribution in [2.45, 2.75) is 207 Å². The van der Waals surface area contributed by atoms with Gasteiger partial charge in [-0.25, -0.2) is 0 Å². The first-order chi connectivity index (χ1) is 36.0. The van der Waals surface area contributed by atoms with Gasteiger partial charge in [0.05, 0.1) is 6.42 Å². The monoisotopic (exact) mass is 1000 g/mol. The number of carbonyl (C=O) groups excluding carboxylic acids is 3. The molecule has 1 atom stereocenters. The van der Waals surface area contributed by atoms with Crippen LogP contribution < -0.4 is 0 Å². The van der Waals surface area contributed by atoms with E-state index < -0.39 is 12.1 Å². The SMILES string of the molecule is CC/C=C\C/C=C\C/C=C\C/C=C\C/C=C\C/C=C\CCCCC(=O)OCC(COC(=O)C/C=C\C/C=C\C/C=C\C/C=C\C/C=C\CC)OC(=O)CCCCCCCC/C=C\C/C=C\C/C=C\C/C=C\CC. The summed E-state index contributed by atoms with van der Waals surface area (Å²) in [6, 6.07) is 0. The Balaban J connectivity index is 4.63. The zero-order chi connectivity index (χ0) is 52.9. The highest BCUT2D eigenvalue weighted by Crippen LogP contribution is 2.12. The maximum absolute atomic E-state index is 12.9. The number of ether oxygens (including phenoxy) is 3. The molecule has 0 aromatic carbocycles. The molecule has 0 aliphatic rings. The molecule has 0 aliphatic carbocycles. The molecule has 0 N–H and O–H groups in total. The van der Waals surface area contributed by atoms with Crippen LogP contribution in [0.1, 0.15) is 201 Å². The molecule has 0 saturated heterocycles. The summed E-state index contributed by atoms with van der Waals surface area (Å²) in [5.74, 6) is -1.15. The Labute approximate surface area is 446 Å². The van der Waals surface area contributed by atoms with E-state index in [2.05, 4.69) is 191 Å². The van der Waals surface area contributed by atoms with Crippen LogP contribution in [0.25, 0.3) is 0 Å². The molecule has 0 aromatic rings. The van der Waals surface area contributed by atoms with Gasteiger partial charge in [-0.1, -0.05) is 229 Å². The standard InChI is InChI=1S/C67H100O6/c1-4-7-10-13-16-19-22-25-28-30-32-33-35-36-39-42-45-48-51-54-57-60-66(69)72-63-64(62-71-65(68)59-56-53-50-47-44-41-38-27-24-21-18-15-12-9-6-3)73-67(70)61-58-55-52-49-46-43-40-37-34-31-29-26-23-20-17-14-11-8-5-2/h7-12,16-21,25-29,32-34,36-39,44-45,47-48,53,56,64H,4-6,13-15,22-24,30-31,35,40-43,46,49-52,54-55,57-63H2,1-3H3/b10-7-,11-8-,12-9-,19-16-,20-17-,21-18-,28-25-,29-26-,33-32-,37-34-,38-27-,39-36-,47-44-,48-45-,56-53-. The van der Waals surface area contributed by atoms with E-state index >= 15 is 0 Å². The summed E-state index contributed by atoms with van der Waals surface area (Å²) in [5, 5.41) is 0. The lowest BCUT2D eigenvalue weighted by Crippen LogP contribution is -2.30. The van der Waals surface area contributed by atoms with E-state index in [0.717, 1.165) is 135 Å². The molecule has 0 radical (unpaired) electrons. The van der Waals surface area contributed by atoms with E-state index in [1.165, 1.54) is 12.8 Å². The van der Waals surface area contributed by atoms with Crippen molar-refractivity contribution in [1.29, 1.82) is 0 Å². The van der Waals surface area contributed by atoms with Crippen molar-refractivity contribution in [3.63, 3.8) is 0 Å². The van der Waals surface area contributed by atoms with Crippen molar-refractivity contribution in [3.8, 4) is 0 Å². The van der Waals surface area contributed by atoms with Gasteiger partial charge in [0.1, 0.15) is 13.2 Å². The second kappa shape index (κ2) is 59.1. The molecule has 0 saturated carbocycles. The fourth-order valence-corrected chi connectivity index (χ4v) is 6.80. The van der Waals surface area contributed by atoms with Gasteiger partial charge in [-0.05, 0) is 135 Å². The second-order valence-electron chi connectivity index (χ2n) is 17.7. The Morgan fingerprint density at radius 2 is 0.548 bits per heavy atom. The third kappa shape index (κ3) is 57.3. The Hall–Kier alpha value is -5.49. The van der Waals surface area contributed by atoms with Crippen LogP contribution in [-0.4, -0.2) is 37.2 Å². The number of carbonyl (C=O) groups is 3. The van der Waals surface area contributed by atoms with E-state index in [9.17, 15) is 14.4 Å². The minimum atomic E-state index is -0.856. The van der Waals surface area contributed by atoms with Gasteiger partial charge >= 0.3 is 17.9 Å². The van der Waals surface area contributed by atoms with E-state index in [-0.39, 0.29) is 44.4 Å². The first-order valence-corrected chi connectivity index (χ1v) is 28.3. The smallest absolute Gasteiger partial charge is 0.309 e. The predicted octanol–water partition coefficient (Wildman–Crippen LogP) is 19.3. The number of hydrogen-bond acceptors (Lipinski definition) is 6. The van der Waals surface area contributed by atoms with Crippen LogP contribution in [-0.2, 0) is 28.6 Å². The fourth-order valence-electron chi connectivity index (χ4n) is 6.80. The quantitative estimate of drug-likeness (QED) is 0.0262. The normalized spacial score (nSPS) is 13.5. The largest absolute Gasteiger partial charge is 0.462 e. The summed E-state index contributed by atoms with van der Waals surface area (Å²) in [6.45, 7) is 6.13. The highest BCUT2D eigenvalue weighted by Gasteiger charge is 2.19. The molecule has 0 amide bonds. The molecule has 0 rings (SSSR count). The van der Waals surface area contributed by atoms with Crippen molar-refractivity contribution in [2.75, 3.05) is 13.2 Å². The predicted molar refractivity (Wildman–Crippen MR) is 315 cm³/mol. The van der Waals surface area contributed by atoms with Gasteiger partial charge in [0.25, 0.3) is 0 Å². The van der Waals surface area contributed by atoms with Crippen LogP contribution >= 0.6 is 0 Å². The van der Waals surface area contributed by atoms with Crippen molar-refractivity contribution < 1.29 is 28.6 Å². The van der Waals surface area contributed by atoms with Crippen LogP contribution in [0, 0.1) is 0 Å². The van der Waals surface area contributed by atoms with Gasteiger partial charge in [0.15, 0.2) is 6.10 Å². The third-order valence-corrected chi connectivity index (χ3v) is 10.9. The summed E-state index contributed by atoms with van der Waals surface area (Å²) >= 11 is 0. The van der Waals surface area contributed by atoms with Gasteiger partial charge in [-0.3, -0.25) is 14.4 Å². The van der Waals surface area contributed by atoms with Crippen LogP contribution in [0.15, 0.2) is 182 Å². The molecule has 0 aliphatic heterocycles. The molecule has 0 aromatic heterocycles. The average molecular weight is 1000 g/mol. The molecule has 0 spiro atoms. The van der Waals surface area contributed by atoms with Crippen LogP contribution in [0.3, 0.4) is 0 Å². The Morgan fingerprint density at radius 3 is 0.918 bits per heavy atom. The maximum atomic E-state index is 12.9. The molecule has 1 unspecified atom stereocenters. The molecule has 404 valence electrons. The lowest BCUT2D eigenvalue weighted by atomic mass is 10.1. The van der Waals surface area contributed by atoms with E-state index in [1.807, 2.05) is 6.08 Å². The number of hydrogen-bond donors (Lipinski definition) is 0. The van der Waals surface area contributed by atoms with Gasteiger partial charge in [0, 0.05) is 12.8 Å². The molecule has 6 heteroatoms. The summed E-state index contributed by atoms with van der Waals surface area (Å²) in [6.07, 6.45) is 89.0. The van der Waals surface area contributed by atoms with Gasteiger partial charge in [-0.15, -0.1) is 0 Å². The van der Waals surface area contributed by atoms with Crippen molar-refractivity contribution in [3.05, 3.63) is 182 Å². The second-order valence-corrected chi connectivity index (χ2v) is 17.7. The molecular formula is C67H100O6. The topological polar surface area (TPSA) is 78.9 Å². The minimum Gasteiger partial charge on any atom is -0.462 e. The van der Waals surface area contributed by atoms with Crippen LogP contribution in [0.4, 0.5) is 0 Å². The van der Waals surface area contributed by atoms with Crippen LogP contribution in [0.2, 0.25) is 0 Å². The zero-order valence-electron chi connectivity index (χ0n) is 46.1. The number of unbranched alkanes of at least 4 members (excludes halogenated alkanes) is 8. The average Bonchev–Trinajstić information content (AvgIpc) is 3.39. The first kappa shape index (κ1) is 67.5. The summed E-state index contributed by atoms with van der Waals surface area (Å²) in [7, 11) is 0. The number of allylic oxidation sites excluding steroid dienone is 29. The molecule has 6 nitrogen and oxygen atoms in total. The minimum absolute atomic E-state index is 0.105. The highest BCUT2D eigenvalue weighted by atomic mass is 16.6. The number of esters is 3. The van der Waals surface area contributed by atoms with Gasteiger partial charge in [0.2, 0.25) is 0 Å². The van der Waals surface area contributed by atoms with Crippen LogP contribution in [0.5, 0.6) is 0 Å². The van der Waals surface area contributed by atoms with Crippen molar-refractivity contribution in [1.82, 2.24) is 0 Å². The third-order valence-electron chi connectivity index (χ3n) is 10.9. The number of rotatable bonds is 48. The summed E-state index contributed by atoms with van der Waals surface area (Å²) in [5.41, 5.74) is 0. The Bertz CT molecular complexity index is 1770. The molecule has 0 bridgehead atoms. The Morgan fingerprint density at radius 1 is 0.288 bits per heavy atom. The zero-order valence-corrected chi connectivity index (χ0v) is 46.1. The van der Waals surface area contributed by atoms with Crippen molar-refractivity contribution >= 4 is 17.9 Å². The lowest BCUT2D eigenvalue weighted by Gasteiger charge is -2.18. The maximum Gasteiger partial charge on any atom is 0.309 e. The molecule has 0 fully saturated rings. The van der Waals surface area contributed by atoms with E-state index in [4.69, 9.17) is 14.2 Å². The molecule has 0 heterocycles. The molecule has 73 heavy (non-hydrogen) atoms. The van der Waals surface area contributed by atoms with E-state index in [0.29, 0.717) is 12.8 Å². The van der Waals surface area contributed by atoms with Crippen molar-refractivity contribution in [2.24, 2.45) is 0 Å². The Kier molecular flexibility index (Phi) is 54.6. The molecular weight excluding hydrogens is 901 g/mol. The fraction of sp³-hybridized carbons (Fsp3) is 0.507.